The minimum Gasteiger partial charge on any atom is -0.370 e. The van der Waals surface area contributed by atoms with Crippen molar-refractivity contribution in [2.24, 2.45) is 0 Å². The number of rotatable bonds is 6. The van der Waals surface area contributed by atoms with Crippen LogP contribution in [0.4, 0.5) is 8.78 Å². The van der Waals surface area contributed by atoms with Gasteiger partial charge in [0.1, 0.15) is 18.6 Å². The van der Waals surface area contributed by atoms with E-state index in [4.69, 9.17) is 4.74 Å². The van der Waals surface area contributed by atoms with Gasteiger partial charge >= 0.3 is 0 Å². The van der Waals surface area contributed by atoms with E-state index in [2.05, 4.69) is 5.32 Å². The fourth-order valence-corrected chi connectivity index (χ4v) is 4.82. The Hall–Kier alpha value is -1.18. The lowest BCUT2D eigenvalue weighted by atomic mass is 9.79. The van der Waals surface area contributed by atoms with Crippen LogP contribution in [0.2, 0.25) is 0 Å². The molecule has 7 heteroatoms. The number of quaternary nitrogens is 1. The molecule has 2 N–H and O–H groups in total. The summed E-state index contributed by atoms with van der Waals surface area (Å²) in [6.45, 7) is 4.26. The SMILES string of the molecule is O=C(CSc1ccc(F)c(F)c1)NCC1([NH+]2CCOCC2)CCCCC1. The zero-order chi connectivity index (χ0) is 18.4. The molecule has 0 radical (unpaired) electrons. The Balaban J connectivity index is 1.52. The van der Waals surface area contributed by atoms with Gasteiger partial charge in [-0.25, -0.2) is 8.78 Å². The van der Waals surface area contributed by atoms with Gasteiger partial charge in [-0.3, -0.25) is 4.79 Å². The van der Waals surface area contributed by atoms with E-state index in [9.17, 15) is 13.6 Å². The van der Waals surface area contributed by atoms with Crippen molar-refractivity contribution in [3.63, 3.8) is 0 Å². The molecule has 2 aliphatic rings. The number of hydrogen-bond donors (Lipinski definition) is 2. The number of amides is 1. The summed E-state index contributed by atoms with van der Waals surface area (Å²) in [5, 5.41) is 3.10. The van der Waals surface area contributed by atoms with Crippen molar-refractivity contribution in [3.8, 4) is 0 Å². The number of halogens is 2. The maximum atomic E-state index is 13.2. The summed E-state index contributed by atoms with van der Waals surface area (Å²) < 4.78 is 31.7. The normalized spacial score (nSPS) is 20.7. The maximum Gasteiger partial charge on any atom is 0.230 e. The summed E-state index contributed by atoms with van der Waals surface area (Å²) >= 11 is 1.23. The average Bonchev–Trinajstić information content (AvgIpc) is 2.69. The molecular formula is C19H27F2N2O2S+. The monoisotopic (exact) mass is 385 g/mol. The molecule has 0 bridgehead atoms. The molecule has 2 fully saturated rings. The molecule has 1 heterocycles. The number of thioether (sulfide) groups is 1. The smallest absolute Gasteiger partial charge is 0.230 e. The number of carbonyl (C=O) groups is 1. The lowest BCUT2D eigenvalue weighted by Gasteiger charge is -2.45. The predicted octanol–water partition coefficient (Wildman–Crippen LogP) is 1.79. The Morgan fingerprint density at radius 3 is 2.58 bits per heavy atom. The van der Waals surface area contributed by atoms with Crippen LogP contribution in [-0.4, -0.2) is 50.0 Å². The van der Waals surface area contributed by atoms with E-state index in [1.165, 1.54) is 37.1 Å². The fraction of sp³-hybridized carbons (Fsp3) is 0.632. The Bertz CT molecular complexity index is 618. The van der Waals surface area contributed by atoms with E-state index in [-0.39, 0.29) is 17.2 Å². The van der Waals surface area contributed by atoms with Crippen LogP contribution >= 0.6 is 11.8 Å². The summed E-state index contributed by atoms with van der Waals surface area (Å²) in [6.07, 6.45) is 5.97. The Morgan fingerprint density at radius 1 is 1.15 bits per heavy atom. The third kappa shape index (κ3) is 4.96. The van der Waals surface area contributed by atoms with Crippen molar-refractivity contribution >= 4 is 17.7 Å². The second-order valence-electron chi connectivity index (χ2n) is 7.20. The Morgan fingerprint density at radius 2 is 1.88 bits per heavy atom. The molecule has 1 saturated heterocycles. The number of benzene rings is 1. The summed E-state index contributed by atoms with van der Waals surface area (Å²) in [4.78, 5) is 14.4. The van der Waals surface area contributed by atoms with Crippen molar-refractivity contribution in [1.82, 2.24) is 5.32 Å². The number of morpholine rings is 1. The van der Waals surface area contributed by atoms with Crippen LogP contribution in [0.5, 0.6) is 0 Å². The number of hydrogen-bond acceptors (Lipinski definition) is 3. The second-order valence-corrected chi connectivity index (χ2v) is 8.25. The summed E-state index contributed by atoms with van der Waals surface area (Å²) in [6, 6.07) is 3.72. The molecule has 1 aliphatic heterocycles. The molecule has 1 aromatic rings. The standard InChI is InChI=1S/C19H26F2N2O2S/c20-16-5-4-15(12-17(16)21)26-13-18(24)22-14-19(6-2-1-3-7-19)23-8-10-25-11-9-23/h4-5,12H,1-3,6-11,13-14H2,(H,22,24)/p+1. The largest absolute Gasteiger partial charge is 0.370 e. The molecule has 0 spiro atoms. The molecule has 144 valence electrons. The van der Waals surface area contributed by atoms with Gasteiger partial charge in [-0.15, -0.1) is 11.8 Å². The fourth-order valence-electron chi connectivity index (χ4n) is 4.07. The van der Waals surface area contributed by atoms with Gasteiger partial charge in [0.25, 0.3) is 0 Å². The molecule has 1 amide bonds. The van der Waals surface area contributed by atoms with Crippen LogP contribution in [-0.2, 0) is 9.53 Å². The third-order valence-corrected chi connectivity index (χ3v) is 6.54. The van der Waals surface area contributed by atoms with Gasteiger partial charge in [-0.05, 0) is 31.0 Å². The molecule has 1 aliphatic carbocycles. The van der Waals surface area contributed by atoms with Gasteiger partial charge in [0, 0.05) is 17.7 Å². The first kappa shape index (κ1) is 19.6. The average molecular weight is 386 g/mol. The summed E-state index contributed by atoms with van der Waals surface area (Å²) in [5.41, 5.74) is 0.115. The Labute approximate surface area is 157 Å². The van der Waals surface area contributed by atoms with E-state index >= 15 is 0 Å². The zero-order valence-corrected chi connectivity index (χ0v) is 15.8. The van der Waals surface area contributed by atoms with E-state index in [0.29, 0.717) is 11.4 Å². The first-order chi connectivity index (χ1) is 12.6. The highest BCUT2D eigenvalue weighted by Gasteiger charge is 2.42. The molecular weight excluding hydrogens is 358 g/mol. The van der Waals surface area contributed by atoms with Crippen molar-refractivity contribution in [3.05, 3.63) is 29.8 Å². The van der Waals surface area contributed by atoms with Gasteiger partial charge < -0.3 is 15.0 Å². The molecule has 4 nitrogen and oxygen atoms in total. The second kappa shape index (κ2) is 9.15. The quantitative estimate of drug-likeness (QED) is 0.734. The topological polar surface area (TPSA) is 42.8 Å². The first-order valence-electron chi connectivity index (χ1n) is 9.37. The van der Waals surface area contributed by atoms with Crippen molar-refractivity contribution < 1.29 is 23.2 Å². The Kier molecular flexibility index (Phi) is 6.89. The van der Waals surface area contributed by atoms with Crippen LogP contribution in [0.3, 0.4) is 0 Å². The third-order valence-electron chi connectivity index (χ3n) is 5.54. The van der Waals surface area contributed by atoms with Gasteiger partial charge in [0.05, 0.1) is 25.5 Å². The first-order valence-corrected chi connectivity index (χ1v) is 10.4. The summed E-state index contributed by atoms with van der Waals surface area (Å²) in [5.74, 6) is -1.60. The minimum atomic E-state index is -0.882. The molecule has 1 saturated carbocycles. The van der Waals surface area contributed by atoms with E-state index < -0.39 is 11.6 Å². The van der Waals surface area contributed by atoms with E-state index in [1.54, 1.807) is 4.90 Å². The highest BCUT2D eigenvalue weighted by atomic mass is 32.2. The van der Waals surface area contributed by atoms with Crippen LogP contribution in [0.15, 0.2) is 23.1 Å². The van der Waals surface area contributed by atoms with Crippen molar-refractivity contribution in [2.75, 3.05) is 38.6 Å². The highest BCUT2D eigenvalue weighted by Crippen LogP contribution is 2.26. The van der Waals surface area contributed by atoms with Gasteiger partial charge in [-0.2, -0.15) is 0 Å². The molecule has 0 atom stereocenters. The van der Waals surface area contributed by atoms with Crippen LogP contribution in [0, 0.1) is 11.6 Å². The lowest BCUT2D eigenvalue weighted by molar-refractivity contribution is -0.960. The van der Waals surface area contributed by atoms with Gasteiger partial charge in [0.2, 0.25) is 5.91 Å². The minimum absolute atomic E-state index is 0.0580. The number of carbonyl (C=O) groups excluding carboxylic acids is 1. The molecule has 0 aromatic heterocycles. The maximum absolute atomic E-state index is 13.2. The highest BCUT2D eigenvalue weighted by molar-refractivity contribution is 8.00. The predicted molar refractivity (Wildman–Crippen MR) is 97.4 cm³/mol. The number of ether oxygens (including phenoxy) is 1. The van der Waals surface area contributed by atoms with Crippen LogP contribution in [0.25, 0.3) is 0 Å². The van der Waals surface area contributed by atoms with Crippen molar-refractivity contribution in [2.45, 2.75) is 42.5 Å². The molecule has 26 heavy (non-hydrogen) atoms. The molecule has 3 rings (SSSR count). The van der Waals surface area contributed by atoms with Gasteiger partial charge in [0.15, 0.2) is 11.6 Å². The van der Waals surface area contributed by atoms with Gasteiger partial charge in [-0.1, -0.05) is 6.42 Å². The molecule has 0 unspecified atom stereocenters. The molecule has 1 aromatic carbocycles. The van der Waals surface area contributed by atoms with Crippen LogP contribution in [0.1, 0.15) is 32.1 Å². The van der Waals surface area contributed by atoms with E-state index in [1.807, 2.05) is 0 Å². The summed E-state index contributed by atoms with van der Waals surface area (Å²) in [7, 11) is 0. The zero-order valence-electron chi connectivity index (χ0n) is 15.0. The van der Waals surface area contributed by atoms with Crippen molar-refractivity contribution in [1.29, 1.82) is 0 Å². The van der Waals surface area contributed by atoms with Crippen LogP contribution < -0.4 is 10.2 Å². The number of nitrogens with one attached hydrogen (secondary N) is 2. The lowest BCUT2D eigenvalue weighted by Crippen LogP contribution is -3.23. The van der Waals surface area contributed by atoms with E-state index in [0.717, 1.165) is 51.3 Å².